The lowest BCUT2D eigenvalue weighted by Gasteiger charge is -2.20. The Bertz CT molecular complexity index is 1040. The molecule has 1 fully saturated rings. The fourth-order valence-electron chi connectivity index (χ4n) is 3.45. The number of ether oxygens (including phenoxy) is 1. The Morgan fingerprint density at radius 3 is 2.82 bits per heavy atom. The predicted molar refractivity (Wildman–Crippen MR) is 104 cm³/mol. The third-order valence-electron chi connectivity index (χ3n) is 4.81. The van der Waals surface area contributed by atoms with Gasteiger partial charge in [-0.3, -0.25) is 4.57 Å². The summed E-state index contributed by atoms with van der Waals surface area (Å²) in [5.74, 6) is 1.31. The molecule has 0 radical (unpaired) electrons. The zero-order valence-electron chi connectivity index (χ0n) is 15.3. The highest BCUT2D eigenvalue weighted by Crippen LogP contribution is 2.35. The molecule has 0 amide bonds. The van der Waals surface area contributed by atoms with Crippen molar-refractivity contribution in [3.05, 3.63) is 48.5 Å². The molecule has 28 heavy (non-hydrogen) atoms. The molecule has 3 aromatic rings. The van der Waals surface area contributed by atoms with Crippen LogP contribution in [0, 0.1) is 11.3 Å². The van der Waals surface area contributed by atoms with Crippen molar-refractivity contribution in [1.29, 1.82) is 5.26 Å². The standard InChI is InChI=1S/C20H19FN6O/c1-28-16-7-13(6-15(8-16)26-4-2-14(21)11-26)17-9-19(23)25-20(18(17)10-22)27-5-3-24-12-27/h3,5-9,12,14H,2,4,11H2,1H3,(H2,23,25). The quantitative estimate of drug-likeness (QED) is 0.750. The summed E-state index contributed by atoms with van der Waals surface area (Å²) in [6, 6.07) is 9.52. The number of alkyl halides is 1. The second-order valence-corrected chi connectivity index (χ2v) is 6.63. The number of hydrogen-bond acceptors (Lipinski definition) is 6. The van der Waals surface area contributed by atoms with E-state index >= 15 is 0 Å². The van der Waals surface area contributed by atoms with Crippen molar-refractivity contribution < 1.29 is 9.13 Å². The average molecular weight is 378 g/mol. The summed E-state index contributed by atoms with van der Waals surface area (Å²) in [5, 5.41) is 9.84. The van der Waals surface area contributed by atoms with Gasteiger partial charge in [0.1, 0.15) is 35.7 Å². The van der Waals surface area contributed by atoms with Gasteiger partial charge in [0.05, 0.1) is 7.11 Å². The maximum absolute atomic E-state index is 13.7. The molecule has 1 aliphatic rings. The lowest BCUT2D eigenvalue weighted by atomic mass is 9.99. The van der Waals surface area contributed by atoms with Crippen LogP contribution in [0.5, 0.6) is 5.75 Å². The van der Waals surface area contributed by atoms with Gasteiger partial charge in [0, 0.05) is 42.8 Å². The summed E-state index contributed by atoms with van der Waals surface area (Å²) >= 11 is 0. The molecule has 1 atom stereocenters. The molecule has 2 N–H and O–H groups in total. The number of nitriles is 1. The van der Waals surface area contributed by atoms with Gasteiger partial charge in [0.15, 0.2) is 5.82 Å². The molecular formula is C20H19FN6O. The summed E-state index contributed by atoms with van der Waals surface area (Å²) < 4.78 is 20.8. The topological polar surface area (TPSA) is 93.0 Å². The van der Waals surface area contributed by atoms with Crippen molar-refractivity contribution >= 4 is 11.5 Å². The first kappa shape index (κ1) is 17.8. The molecule has 1 aromatic carbocycles. The first-order chi connectivity index (χ1) is 13.6. The van der Waals surface area contributed by atoms with Gasteiger partial charge in [0.2, 0.25) is 0 Å². The number of halogens is 1. The van der Waals surface area contributed by atoms with Gasteiger partial charge in [-0.15, -0.1) is 0 Å². The van der Waals surface area contributed by atoms with Gasteiger partial charge in [-0.2, -0.15) is 5.26 Å². The Morgan fingerprint density at radius 1 is 1.32 bits per heavy atom. The molecule has 1 unspecified atom stereocenters. The summed E-state index contributed by atoms with van der Waals surface area (Å²) in [4.78, 5) is 10.3. The van der Waals surface area contributed by atoms with Crippen LogP contribution in [0.4, 0.5) is 15.9 Å². The Morgan fingerprint density at radius 2 is 2.18 bits per heavy atom. The largest absolute Gasteiger partial charge is 0.497 e. The van der Waals surface area contributed by atoms with Gasteiger partial charge in [-0.1, -0.05) is 0 Å². The number of methoxy groups -OCH3 is 1. The number of pyridine rings is 1. The van der Waals surface area contributed by atoms with Crippen molar-refractivity contribution in [3.8, 4) is 28.8 Å². The second kappa shape index (κ2) is 7.19. The molecule has 1 aliphatic heterocycles. The molecule has 0 bridgehead atoms. The van der Waals surface area contributed by atoms with Gasteiger partial charge < -0.3 is 15.4 Å². The van der Waals surface area contributed by atoms with Gasteiger partial charge in [-0.25, -0.2) is 14.4 Å². The zero-order valence-corrected chi connectivity index (χ0v) is 15.3. The first-order valence-electron chi connectivity index (χ1n) is 8.86. The number of imidazole rings is 1. The molecule has 7 nitrogen and oxygen atoms in total. The summed E-state index contributed by atoms with van der Waals surface area (Å²) in [6.45, 7) is 0.980. The van der Waals surface area contributed by atoms with Crippen LogP contribution in [0.25, 0.3) is 16.9 Å². The number of benzene rings is 1. The number of nitrogens with two attached hydrogens (primary N) is 1. The molecule has 0 spiro atoms. The lowest BCUT2D eigenvalue weighted by Crippen LogP contribution is -2.20. The third kappa shape index (κ3) is 3.22. The van der Waals surface area contributed by atoms with Crippen molar-refractivity contribution in [2.24, 2.45) is 0 Å². The molecule has 8 heteroatoms. The zero-order chi connectivity index (χ0) is 19.7. The van der Waals surface area contributed by atoms with E-state index in [1.807, 2.05) is 23.1 Å². The fourth-order valence-corrected chi connectivity index (χ4v) is 3.45. The Hall–Kier alpha value is -3.60. The van der Waals surface area contributed by atoms with Crippen molar-refractivity contribution in [2.45, 2.75) is 12.6 Å². The van der Waals surface area contributed by atoms with Gasteiger partial charge in [-0.05, 0) is 30.2 Å². The monoisotopic (exact) mass is 378 g/mol. The molecule has 3 heterocycles. The smallest absolute Gasteiger partial charge is 0.158 e. The molecule has 4 rings (SSSR count). The molecule has 142 valence electrons. The van der Waals surface area contributed by atoms with Gasteiger partial charge >= 0.3 is 0 Å². The van der Waals surface area contributed by atoms with Crippen molar-refractivity contribution in [3.63, 3.8) is 0 Å². The Balaban J connectivity index is 1.88. The predicted octanol–water partition coefficient (Wildman–Crippen LogP) is 2.94. The van der Waals surface area contributed by atoms with Crippen molar-refractivity contribution in [2.75, 3.05) is 30.8 Å². The fraction of sp³-hybridized carbons (Fsp3) is 0.250. The average Bonchev–Trinajstić information content (AvgIpc) is 3.38. The normalized spacial score (nSPS) is 16.2. The van der Waals surface area contributed by atoms with Gasteiger partial charge in [0.25, 0.3) is 0 Å². The van der Waals surface area contributed by atoms with E-state index in [-0.39, 0.29) is 5.82 Å². The summed E-state index contributed by atoms with van der Waals surface area (Å²) in [5.41, 5.74) is 8.63. The maximum Gasteiger partial charge on any atom is 0.158 e. The number of hydrogen-bond donors (Lipinski definition) is 1. The van der Waals surface area contributed by atoms with Crippen LogP contribution in [0.3, 0.4) is 0 Å². The van der Waals surface area contributed by atoms with E-state index in [0.29, 0.717) is 42.2 Å². The summed E-state index contributed by atoms with van der Waals surface area (Å²) in [7, 11) is 1.58. The highest BCUT2D eigenvalue weighted by atomic mass is 19.1. The number of nitrogens with zero attached hydrogens (tertiary/aromatic N) is 5. The number of aromatic nitrogens is 3. The Kier molecular flexibility index (Phi) is 4.57. The molecule has 0 saturated carbocycles. The van der Waals surface area contributed by atoms with E-state index in [1.165, 1.54) is 0 Å². The lowest BCUT2D eigenvalue weighted by molar-refractivity contribution is 0.364. The minimum Gasteiger partial charge on any atom is -0.497 e. The van der Waals surface area contributed by atoms with Crippen LogP contribution in [-0.2, 0) is 0 Å². The van der Waals surface area contributed by atoms with E-state index in [2.05, 4.69) is 16.0 Å². The number of nitrogen functional groups attached to an aromatic ring is 1. The van der Waals surface area contributed by atoms with E-state index in [0.717, 1.165) is 11.3 Å². The maximum atomic E-state index is 13.7. The number of rotatable bonds is 4. The van der Waals surface area contributed by atoms with Crippen LogP contribution in [0.15, 0.2) is 43.0 Å². The van der Waals surface area contributed by atoms with E-state index < -0.39 is 6.17 Å². The van der Waals surface area contributed by atoms with Crippen LogP contribution in [0.2, 0.25) is 0 Å². The van der Waals surface area contributed by atoms with Crippen LogP contribution >= 0.6 is 0 Å². The van der Waals surface area contributed by atoms with E-state index in [9.17, 15) is 9.65 Å². The molecular weight excluding hydrogens is 359 g/mol. The molecule has 1 saturated heterocycles. The first-order valence-corrected chi connectivity index (χ1v) is 8.86. The summed E-state index contributed by atoms with van der Waals surface area (Å²) in [6.07, 6.45) is 4.54. The second-order valence-electron chi connectivity index (χ2n) is 6.63. The molecule has 0 aliphatic carbocycles. The van der Waals surface area contributed by atoms with E-state index in [4.69, 9.17) is 10.5 Å². The highest BCUT2D eigenvalue weighted by Gasteiger charge is 2.23. The van der Waals surface area contributed by atoms with Crippen LogP contribution < -0.4 is 15.4 Å². The molecule has 2 aromatic heterocycles. The highest BCUT2D eigenvalue weighted by molar-refractivity contribution is 5.79. The SMILES string of the molecule is COc1cc(-c2cc(N)nc(-n3ccnc3)c2C#N)cc(N2CCC(F)C2)c1. The number of anilines is 2. The minimum absolute atomic E-state index is 0.284. The third-order valence-corrected chi connectivity index (χ3v) is 4.81. The van der Waals surface area contributed by atoms with Crippen molar-refractivity contribution in [1.82, 2.24) is 14.5 Å². The minimum atomic E-state index is -0.839. The van der Waals surface area contributed by atoms with E-state index in [1.54, 1.807) is 36.5 Å². The Labute approximate surface area is 161 Å². The van der Waals surface area contributed by atoms with Crippen LogP contribution in [0.1, 0.15) is 12.0 Å². The van der Waals surface area contributed by atoms with Crippen LogP contribution in [-0.4, -0.2) is 40.9 Å².